The van der Waals surface area contributed by atoms with Gasteiger partial charge in [0.05, 0.1) is 11.1 Å². The first-order chi connectivity index (χ1) is 30.3. The number of benzene rings is 6. The van der Waals surface area contributed by atoms with Gasteiger partial charge in [0.1, 0.15) is 11.6 Å². The third kappa shape index (κ3) is 19.4. The lowest BCUT2D eigenvalue weighted by atomic mass is 10.0. The molecular formula is C46H44Br2F6N2O9S. The van der Waals surface area contributed by atoms with Crippen molar-refractivity contribution in [1.82, 2.24) is 0 Å². The quantitative estimate of drug-likeness (QED) is 0.0266. The molecule has 0 fully saturated rings. The standard InChI is InChI=1S/C23H21BrF3NO2.C11H9NO2.C8H4BrF3O.C4H8.H2O4S/c1-22(2,3)30-21(29)18-12-13-19(17-7-5-4-6-16(17)18)28-20(23(25,26)27)14-8-10-15(24)11-9-14;12-10-6-5-9(11(13)14)7-3-1-2-4-8(7)10;9-6-3-1-5(2-4-6)7(13)8(10,11)12;1-4(2)3;1-5(2,3)4/h4-13,20,28H,1-3H3;1-6H,12H2,(H,13,14);1-4H;1H2,2-3H3;(H2,1,2,3,4). The average Bonchev–Trinajstić information content (AvgIpc) is 3.19. The molecule has 0 aliphatic heterocycles. The largest absolute Gasteiger partial charge is 0.478 e. The van der Waals surface area contributed by atoms with Crippen LogP contribution >= 0.6 is 31.9 Å². The van der Waals surface area contributed by atoms with Crippen LogP contribution in [0.5, 0.6) is 0 Å². The van der Waals surface area contributed by atoms with Crippen molar-refractivity contribution in [3.8, 4) is 0 Å². The minimum atomic E-state index is -4.80. The predicted molar refractivity (Wildman–Crippen MR) is 250 cm³/mol. The van der Waals surface area contributed by atoms with Gasteiger partial charge in [-0.15, -0.1) is 6.58 Å². The summed E-state index contributed by atoms with van der Waals surface area (Å²) in [6.45, 7) is 12.8. The third-order valence-corrected chi connectivity index (χ3v) is 8.98. The van der Waals surface area contributed by atoms with Crippen LogP contribution < -0.4 is 11.1 Å². The van der Waals surface area contributed by atoms with E-state index in [1.807, 2.05) is 26.0 Å². The summed E-state index contributed by atoms with van der Waals surface area (Å²) in [4.78, 5) is 34.1. The molecule has 0 aliphatic rings. The number of ketones is 1. The van der Waals surface area contributed by atoms with E-state index in [1.165, 1.54) is 48.0 Å². The topological polar surface area (TPSA) is 193 Å². The Morgan fingerprint density at radius 1 is 0.682 bits per heavy atom. The van der Waals surface area contributed by atoms with Crippen molar-refractivity contribution in [3.05, 3.63) is 165 Å². The molecule has 0 amide bonds. The molecule has 0 radical (unpaired) electrons. The molecule has 20 heteroatoms. The zero-order chi connectivity index (χ0) is 50.4. The number of nitrogens with one attached hydrogen (secondary N) is 1. The van der Waals surface area contributed by atoms with Crippen LogP contribution in [-0.4, -0.2) is 58.3 Å². The number of carboxylic acid groups (broad SMARTS) is 1. The van der Waals surface area contributed by atoms with Crippen LogP contribution in [0.1, 0.15) is 77.3 Å². The van der Waals surface area contributed by atoms with E-state index in [-0.39, 0.29) is 22.4 Å². The highest BCUT2D eigenvalue weighted by molar-refractivity contribution is 9.10. The van der Waals surface area contributed by atoms with Crippen LogP contribution in [-0.2, 0) is 15.1 Å². The number of esters is 1. The molecule has 6 aromatic carbocycles. The lowest BCUT2D eigenvalue weighted by Gasteiger charge is -2.25. The van der Waals surface area contributed by atoms with Crippen LogP contribution in [0, 0.1) is 0 Å². The minimum absolute atomic E-state index is 0.0889. The molecule has 0 saturated carbocycles. The summed E-state index contributed by atoms with van der Waals surface area (Å²) in [6.07, 6.45) is -9.31. The number of fused-ring (bicyclic) bond motifs is 2. The van der Waals surface area contributed by atoms with Crippen molar-refractivity contribution in [2.45, 2.75) is 58.6 Å². The van der Waals surface area contributed by atoms with Gasteiger partial charge in [0.15, 0.2) is 0 Å². The monoisotopic (exact) mass is 1070 g/mol. The number of nitrogen functional groups attached to an aromatic ring is 1. The van der Waals surface area contributed by atoms with Gasteiger partial charge in [0.2, 0.25) is 0 Å². The maximum Gasteiger partial charge on any atom is 0.454 e. The highest BCUT2D eigenvalue weighted by Gasteiger charge is 2.41. The van der Waals surface area contributed by atoms with Gasteiger partial charge in [-0.2, -0.15) is 34.8 Å². The second-order valence-corrected chi connectivity index (χ2v) is 17.6. The second-order valence-electron chi connectivity index (χ2n) is 14.9. The summed E-state index contributed by atoms with van der Waals surface area (Å²) in [5.41, 5.74) is 7.43. The summed E-state index contributed by atoms with van der Waals surface area (Å²) in [5.74, 6) is -3.27. The van der Waals surface area contributed by atoms with Crippen LogP contribution in [0.2, 0.25) is 0 Å². The first-order valence-corrected chi connectivity index (χ1v) is 21.8. The molecule has 6 aromatic rings. The molecule has 1 unspecified atom stereocenters. The van der Waals surface area contributed by atoms with E-state index in [4.69, 9.17) is 33.1 Å². The van der Waals surface area contributed by atoms with Crippen molar-refractivity contribution in [3.63, 3.8) is 0 Å². The normalized spacial score (nSPS) is 11.7. The number of Topliss-reactive ketones (excluding diaryl/α,β-unsaturated/α-hetero) is 1. The predicted octanol–water partition coefficient (Wildman–Crippen LogP) is 13.5. The Morgan fingerprint density at radius 3 is 1.52 bits per heavy atom. The van der Waals surface area contributed by atoms with Crippen molar-refractivity contribution in [2.24, 2.45) is 0 Å². The highest BCUT2D eigenvalue weighted by Crippen LogP contribution is 2.38. The van der Waals surface area contributed by atoms with Crippen molar-refractivity contribution < 1.29 is 68.1 Å². The van der Waals surface area contributed by atoms with Crippen LogP contribution in [0.15, 0.2) is 142 Å². The summed E-state index contributed by atoms with van der Waals surface area (Å²) >= 11 is 6.29. The lowest BCUT2D eigenvalue weighted by Crippen LogP contribution is -2.28. The summed E-state index contributed by atoms with van der Waals surface area (Å²) in [7, 11) is -4.67. The number of carbonyl (C=O) groups excluding carboxylic acids is 2. The second kappa shape index (κ2) is 24.1. The molecule has 0 spiro atoms. The van der Waals surface area contributed by atoms with Gasteiger partial charge in [-0.25, -0.2) is 9.59 Å². The van der Waals surface area contributed by atoms with E-state index < -0.39 is 52.1 Å². The maximum atomic E-state index is 13.8. The molecule has 0 aromatic heterocycles. The van der Waals surface area contributed by atoms with E-state index in [0.717, 1.165) is 17.5 Å². The Labute approximate surface area is 393 Å². The number of carbonyl (C=O) groups is 3. The van der Waals surface area contributed by atoms with Gasteiger partial charge < -0.3 is 20.9 Å². The number of nitrogens with two attached hydrogens (primary N) is 1. The minimum Gasteiger partial charge on any atom is -0.478 e. The number of halogens is 8. The number of hydrogen-bond donors (Lipinski definition) is 5. The molecule has 354 valence electrons. The fourth-order valence-electron chi connectivity index (χ4n) is 5.37. The van der Waals surface area contributed by atoms with E-state index in [0.29, 0.717) is 36.4 Å². The van der Waals surface area contributed by atoms with Crippen molar-refractivity contribution in [1.29, 1.82) is 0 Å². The molecule has 0 bridgehead atoms. The smallest absolute Gasteiger partial charge is 0.454 e. The van der Waals surface area contributed by atoms with Gasteiger partial charge in [-0.05, 0) is 112 Å². The zero-order valence-electron chi connectivity index (χ0n) is 35.6. The molecule has 0 aliphatic carbocycles. The SMILES string of the molecule is C=C(C)C.CC(C)(C)OC(=O)c1ccc(NC(c2ccc(Br)cc2)C(F)(F)F)c2ccccc12.Nc1ccc(C(=O)O)c2ccccc12.O=C(c1ccc(Br)cc1)C(F)(F)F.O=S(=O)(O)O. The Balaban J connectivity index is 0.000000343. The Hall–Kier alpha value is -5.80. The Kier molecular flexibility index (Phi) is 20.6. The number of aromatic carboxylic acids is 1. The number of allylic oxidation sites excluding steroid dienone is 1. The number of hydrogen-bond acceptors (Lipinski definition) is 8. The fourth-order valence-corrected chi connectivity index (χ4v) is 5.90. The van der Waals surface area contributed by atoms with E-state index >= 15 is 0 Å². The molecule has 66 heavy (non-hydrogen) atoms. The number of rotatable bonds is 6. The highest BCUT2D eigenvalue weighted by atomic mass is 79.9. The zero-order valence-corrected chi connectivity index (χ0v) is 39.6. The first kappa shape index (κ1) is 56.3. The summed E-state index contributed by atoms with van der Waals surface area (Å²) in [5, 5.41) is 14.0. The summed E-state index contributed by atoms with van der Waals surface area (Å²) in [6, 6.07) is 29.3. The van der Waals surface area contributed by atoms with Crippen LogP contribution in [0.4, 0.5) is 37.7 Å². The van der Waals surface area contributed by atoms with Gasteiger partial charge in [-0.3, -0.25) is 13.9 Å². The molecule has 6 N–H and O–H groups in total. The molecule has 6 rings (SSSR count). The summed E-state index contributed by atoms with van der Waals surface area (Å²) < 4.78 is 115. The van der Waals surface area contributed by atoms with Crippen molar-refractivity contribution in [2.75, 3.05) is 11.1 Å². The molecule has 0 heterocycles. The number of anilines is 2. The molecule has 1 atom stereocenters. The van der Waals surface area contributed by atoms with Gasteiger partial charge in [0.25, 0.3) is 5.78 Å². The number of ether oxygens (including phenoxy) is 1. The maximum absolute atomic E-state index is 13.8. The number of carboxylic acids is 1. The number of alkyl halides is 6. The van der Waals surface area contributed by atoms with E-state index in [1.54, 1.807) is 75.4 Å². The van der Waals surface area contributed by atoms with E-state index in [2.05, 4.69) is 43.8 Å². The third-order valence-electron chi connectivity index (χ3n) is 7.93. The molecular weight excluding hydrogens is 1030 g/mol. The van der Waals surface area contributed by atoms with Gasteiger partial charge in [0, 0.05) is 36.7 Å². The Bertz CT molecular complexity index is 2730. The molecule has 11 nitrogen and oxygen atoms in total. The fraction of sp³-hybridized carbons (Fsp3) is 0.196. The Morgan fingerprint density at radius 2 is 1.09 bits per heavy atom. The van der Waals surface area contributed by atoms with Crippen molar-refractivity contribution >= 4 is 92.9 Å². The van der Waals surface area contributed by atoms with E-state index in [9.17, 15) is 40.7 Å². The van der Waals surface area contributed by atoms with Gasteiger partial charge in [-0.1, -0.05) is 98.1 Å². The first-order valence-electron chi connectivity index (χ1n) is 18.8. The molecule has 0 saturated heterocycles. The van der Waals surface area contributed by atoms with Gasteiger partial charge >= 0.3 is 34.7 Å². The van der Waals surface area contributed by atoms with Crippen LogP contribution in [0.3, 0.4) is 0 Å². The van der Waals surface area contributed by atoms with Crippen LogP contribution in [0.25, 0.3) is 21.5 Å². The average molecular weight is 1070 g/mol. The lowest BCUT2D eigenvalue weighted by molar-refractivity contribution is -0.144.